The third-order valence-electron chi connectivity index (χ3n) is 4.17. The van der Waals surface area contributed by atoms with E-state index in [9.17, 15) is 9.59 Å². The van der Waals surface area contributed by atoms with Crippen LogP contribution in [-0.2, 0) is 4.79 Å². The van der Waals surface area contributed by atoms with Gasteiger partial charge in [-0.15, -0.1) is 0 Å². The number of hydrogen-bond acceptors (Lipinski definition) is 2. The third kappa shape index (κ3) is 2.60. The fourth-order valence-corrected chi connectivity index (χ4v) is 2.74. The number of carboxylic acid groups (broad SMARTS) is 1. The normalized spacial score (nSPS) is 27.3. The summed E-state index contributed by atoms with van der Waals surface area (Å²) in [5.74, 6) is -0.877. The lowest BCUT2D eigenvalue weighted by atomic mass is 9.83. The van der Waals surface area contributed by atoms with E-state index in [4.69, 9.17) is 5.11 Å². The van der Waals surface area contributed by atoms with Crippen molar-refractivity contribution in [1.82, 2.24) is 9.80 Å². The summed E-state index contributed by atoms with van der Waals surface area (Å²) in [7, 11) is 0. The minimum Gasteiger partial charge on any atom is -0.480 e. The van der Waals surface area contributed by atoms with E-state index in [1.54, 1.807) is 0 Å². The van der Waals surface area contributed by atoms with Crippen LogP contribution < -0.4 is 0 Å². The molecule has 0 bridgehead atoms. The van der Waals surface area contributed by atoms with Crippen molar-refractivity contribution in [1.29, 1.82) is 0 Å². The molecule has 5 heteroatoms. The van der Waals surface area contributed by atoms with Gasteiger partial charge in [0.1, 0.15) is 6.04 Å². The molecule has 5 nitrogen and oxygen atoms in total. The molecular weight excluding hydrogens is 232 g/mol. The molecule has 0 spiro atoms. The van der Waals surface area contributed by atoms with Crippen LogP contribution in [0, 0.1) is 5.41 Å². The van der Waals surface area contributed by atoms with Gasteiger partial charge >= 0.3 is 12.0 Å². The highest BCUT2D eigenvalue weighted by Crippen LogP contribution is 2.31. The van der Waals surface area contributed by atoms with Crippen LogP contribution in [0.2, 0.25) is 0 Å². The Balaban J connectivity index is 1.97. The van der Waals surface area contributed by atoms with Gasteiger partial charge in [0, 0.05) is 19.6 Å². The van der Waals surface area contributed by atoms with Gasteiger partial charge in [-0.1, -0.05) is 13.8 Å². The van der Waals surface area contributed by atoms with Crippen molar-refractivity contribution in [3.8, 4) is 0 Å². The van der Waals surface area contributed by atoms with Gasteiger partial charge < -0.3 is 14.9 Å². The Kier molecular flexibility index (Phi) is 3.50. The molecule has 2 rings (SSSR count). The lowest BCUT2D eigenvalue weighted by Crippen LogP contribution is -2.51. The van der Waals surface area contributed by atoms with Crippen molar-refractivity contribution in [2.45, 2.75) is 45.6 Å². The molecule has 0 aromatic rings. The molecule has 2 fully saturated rings. The molecule has 1 unspecified atom stereocenters. The first kappa shape index (κ1) is 13.2. The van der Waals surface area contributed by atoms with E-state index in [0.29, 0.717) is 18.4 Å². The second-order valence-electron chi connectivity index (χ2n) is 6.12. The summed E-state index contributed by atoms with van der Waals surface area (Å²) in [6.45, 7) is 6.49. The highest BCUT2D eigenvalue weighted by Gasteiger charge is 2.37. The van der Waals surface area contributed by atoms with Crippen LogP contribution in [0.5, 0.6) is 0 Å². The van der Waals surface area contributed by atoms with Gasteiger partial charge in [0.15, 0.2) is 0 Å². The monoisotopic (exact) mass is 254 g/mol. The van der Waals surface area contributed by atoms with Crippen LogP contribution in [0.15, 0.2) is 0 Å². The Morgan fingerprint density at radius 3 is 2.33 bits per heavy atom. The van der Waals surface area contributed by atoms with Crippen molar-refractivity contribution < 1.29 is 14.7 Å². The second kappa shape index (κ2) is 4.78. The Morgan fingerprint density at radius 1 is 1.17 bits per heavy atom. The first-order valence-electron chi connectivity index (χ1n) is 6.69. The number of carbonyl (C=O) groups is 2. The molecule has 2 amide bonds. The topological polar surface area (TPSA) is 60.9 Å². The number of nitrogens with zero attached hydrogens (tertiary/aromatic N) is 2. The largest absolute Gasteiger partial charge is 0.480 e. The average Bonchev–Trinajstić information content (AvgIpc) is 2.77. The number of piperidine rings is 1. The number of amides is 2. The van der Waals surface area contributed by atoms with Gasteiger partial charge in [-0.25, -0.2) is 9.59 Å². The Hall–Kier alpha value is -1.26. The zero-order valence-corrected chi connectivity index (χ0v) is 11.2. The highest BCUT2D eigenvalue weighted by atomic mass is 16.4. The quantitative estimate of drug-likeness (QED) is 0.776. The van der Waals surface area contributed by atoms with E-state index in [-0.39, 0.29) is 6.03 Å². The molecule has 0 radical (unpaired) electrons. The SMILES string of the molecule is CC1(C)CCN(C(=O)N2CCCC2C(=O)O)CC1. The summed E-state index contributed by atoms with van der Waals surface area (Å²) >= 11 is 0. The molecular formula is C13H22N2O3. The van der Waals surface area contributed by atoms with E-state index in [1.165, 1.54) is 4.90 Å². The minimum atomic E-state index is -0.877. The van der Waals surface area contributed by atoms with Crippen molar-refractivity contribution >= 4 is 12.0 Å². The number of rotatable bonds is 1. The molecule has 18 heavy (non-hydrogen) atoms. The standard InChI is InChI=1S/C13H22N2O3/c1-13(2)5-8-14(9-6-13)12(18)15-7-3-4-10(15)11(16)17/h10H,3-9H2,1-2H3,(H,16,17). The van der Waals surface area contributed by atoms with Crippen LogP contribution in [0.3, 0.4) is 0 Å². The van der Waals surface area contributed by atoms with Crippen LogP contribution in [0.4, 0.5) is 4.79 Å². The number of urea groups is 1. The predicted octanol–water partition coefficient (Wildman–Crippen LogP) is 1.78. The molecule has 2 aliphatic heterocycles. The Labute approximate surface area is 108 Å². The summed E-state index contributed by atoms with van der Waals surface area (Å²) in [6.07, 6.45) is 3.36. The molecule has 102 valence electrons. The van der Waals surface area contributed by atoms with Crippen LogP contribution >= 0.6 is 0 Å². The molecule has 2 saturated heterocycles. The van der Waals surface area contributed by atoms with Gasteiger partial charge in [0.2, 0.25) is 0 Å². The maximum atomic E-state index is 12.3. The van der Waals surface area contributed by atoms with E-state index in [0.717, 1.165) is 32.4 Å². The van der Waals surface area contributed by atoms with Gasteiger partial charge in [0.25, 0.3) is 0 Å². The van der Waals surface area contributed by atoms with Crippen LogP contribution in [0.25, 0.3) is 0 Å². The van der Waals surface area contributed by atoms with Gasteiger partial charge in [0.05, 0.1) is 0 Å². The van der Waals surface area contributed by atoms with E-state index in [1.807, 2.05) is 4.90 Å². The maximum Gasteiger partial charge on any atom is 0.326 e. The Bertz CT molecular complexity index is 344. The predicted molar refractivity (Wildman–Crippen MR) is 67.3 cm³/mol. The lowest BCUT2D eigenvalue weighted by Gasteiger charge is -2.39. The fraction of sp³-hybridized carbons (Fsp3) is 0.846. The summed E-state index contributed by atoms with van der Waals surface area (Å²) in [5.41, 5.74) is 0.300. The lowest BCUT2D eigenvalue weighted by molar-refractivity contribution is -0.141. The van der Waals surface area contributed by atoms with Crippen LogP contribution in [-0.4, -0.2) is 52.6 Å². The molecule has 0 aromatic heterocycles. The summed E-state index contributed by atoms with van der Waals surface area (Å²) < 4.78 is 0. The molecule has 2 aliphatic rings. The Morgan fingerprint density at radius 2 is 1.78 bits per heavy atom. The first-order chi connectivity index (χ1) is 8.41. The van der Waals surface area contributed by atoms with E-state index in [2.05, 4.69) is 13.8 Å². The molecule has 1 N–H and O–H groups in total. The summed E-state index contributed by atoms with van der Waals surface area (Å²) in [5, 5.41) is 9.10. The summed E-state index contributed by atoms with van der Waals surface area (Å²) in [6, 6.07) is -0.706. The van der Waals surface area contributed by atoms with Crippen molar-refractivity contribution in [2.75, 3.05) is 19.6 Å². The highest BCUT2D eigenvalue weighted by molar-refractivity contribution is 5.83. The molecule has 0 aromatic carbocycles. The van der Waals surface area contributed by atoms with Gasteiger partial charge in [-0.3, -0.25) is 0 Å². The number of carbonyl (C=O) groups excluding carboxylic acids is 1. The second-order valence-corrected chi connectivity index (χ2v) is 6.12. The third-order valence-corrected chi connectivity index (χ3v) is 4.17. The number of likely N-dealkylation sites (tertiary alicyclic amines) is 2. The number of carboxylic acids is 1. The van der Waals surface area contributed by atoms with Crippen molar-refractivity contribution in [3.63, 3.8) is 0 Å². The average molecular weight is 254 g/mol. The number of aliphatic carboxylic acids is 1. The fourth-order valence-electron chi connectivity index (χ4n) is 2.74. The zero-order valence-electron chi connectivity index (χ0n) is 11.2. The maximum absolute atomic E-state index is 12.3. The molecule has 1 atom stereocenters. The van der Waals surface area contributed by atoms with Gasteiger partial charge in [-0.2, -0.15) is 0 Å². The van der Waals surface area contributed by atoms with Gasteiger partial charge in [-0.05, 0) is 31.1 Å². The van der Waals surface area contributed by atoms with E-state index < -0.39 is 12.0 Å². The zero-order chi connectivity index (χ0) is 13.3. The van der Waals surface area contributed by atoms with Crippen LogP contribution in [0.1, 0.15) is 39.5 Å². The molecule has 0 saturated carbocycles. The van der Waals surface area contributed by atoms with E-state index >= 15 is 0 Å². The number of hydrogen-bond donors (Lipinski definition) is 1. The molecule has 2 heterocycles. The van der Waals surface area contributed by atoms with Crippen molar-refractivity contribution in [2.24, 2.45) is 5.41 Å². The minimum absolute atomic E-state index is 0.0876. The first-order valence-corrected chi connectivity index (χ1v) is 6.69. The molecule has 0 aliphatic carbocycles. The smallest absolute Gasteiger partial charge is 0.326 e. The van der Waals surface area contributed by atoms with Crippen molar-refractivity contribution in [3.05, 3.63) is 0 Å². The summed E-state index contributed by atoms with van der Waals surface area (Å²) in [4.78, 5) is 26.7.